The predicted molar refractivity (Wildman–Crippen MR) is 48.3 cm³/mol. The Morgan fingerprint density at radius 2 is 2.00 bits per heavy atom. The summed E-state index contributed by atoms with van der Waals surface area (Å²) in [5, 5.41) is 8.87. The first-order chi connectivity index (χ1) is 5.96. The normalized spacial score (nSPS) is 20.7. The van der Waals surface area contributed by atoms with Crippen LogP contribution >= 0.6 is 0 Å². The lowest BCUT2D eigenvalue weighted by Gasteiger charge is -2.36. The SMILES string of the molecule is CCCS(=O)(=O)C1(C(=O)O)CCC1. The molecule has 1 aliphatic carbocycles. The molecule has 1 N–H and O–H groups in total. The highest BCUT2D eigenvalue weighted by Gasteiger charge is 2.54. The molecule has 0 saturated heterocycles. The molecule has 1 rings (SSSR count). The van der Waals surface area contributed by atoms with E-state index in [9.17, 15) is 13.2 Å². The van der Waals surface area contributed by atoms with Gasteiger partial charge in [-0.3, -0.25) is 4.79 Å². The third kappa shape index (κ3) is 1.45. The zero-order chi connectivity index (χ0) is 10.1. The lowest BCUT2D eigenvalue weighted by molar-refractivity contribution is -0.142. The minimum Gasteiger partial charge on any atom is -0.480 e. The number of hydrogen-bond donors (Lipinski definition) is 1. The van der Waals surface area contributed by atoms with E-state index in [1.807, 2.05) is 0 Å². The van der Waals surface area contributed by atoms with E-state index in [1.165, 1.54) is 0 Å². The Hall–Kier alpha value is -0.580. The summed E-state index contributed by atoms with van der Waals surface area (Å²) in [5.41, 5.74) is 0. The van der Waals surface area contributed by atoms with Crippen LogP contribution in [0.2, 0.25) is 0 Å². The lowest BCUT2D eigenvalue weighted by Crippen LogP contribution is -2.52. The summed E-state index contributed by atoms with van der Waals surface area (Å²) in [7, 11) is -3.43. The second-order valence-electron chi connectivity index (χ2n) is 3.47. The molecule has 1 fully saturated rings. The molecule has 0 unspecified atom stereocenters. The molecule has 13 heavy (non-hydrogen) atoms. The monoisotopic (exact) mass is 206 g/mol. The van der Waals surface area contributed by atoms with E-state index in [-0.39, 0.29) is 18.6 Å². The number of carboxylic acid groups (broad SMARTS) is 1. The Morgan fingerprint density at radius 3 is 2.23 bits per heavy atom. The summed E-state index contributed by atoms with van der Waals surface area (Å²) in [5.74, 6) is -1.19. The molecule has 0 amide bonds. The molecule has 0 aromatic heterocycles. The molecule has 0 aliphatic heterocycles. The van der Waals surface area contributed by atoms with E-state index in [0.717, 1.165) is 0 Å². The fourth-order valence-electron chi connectivity index (χ4n) is 1.62. The van der Waals surface area contributed by atoms with Gasteiger partial charge < -0.3 is 5.11 Å². The van der Waals surface area contributed by atoms with E-state index in [1.54, 1.807) is 6.92 Å². The van der Waals surface area contributed by atoms with Crippen molar-refractivity contribution in [1.29, 1.82) is 0 Å². The number of hydrogen-bond acceptors (Lipinski definition) is 3. The van der Waals surface area contributed by atoms with Gasteiger partial charge in [0.1, 0.15) is 0 Å². The first-order valence-corrected chi connectivity index (χ1v) is 6.07. The fourth-order valence-corrected chi connectivity index (χ4v) is 3.72. The largest absolute Gasteiger partial charge is 0.480 e. The van der Waals surface area contributed by atoms with E-state index in [4.69, 9.17) is 5.11 Å². The van der Waals surface area contributed by atoms with Crippen molar-refractivity contribution < 1.29 is 18.3 Å². The van der Waals surface area contributed by atoms with Crippen LogP contribution in [0.5, 0.6) is 0 Å². The van der Waals surface area contributed by atoms with Gasteiger partial charge in [0, 0.05) is 0 Å². The number of rotatable bonds is 4. The van der Waals surface area contributed by atoms with Crippen LogP contribution in [0.15, 0.2) is 0 Å². The van der Waals surface area contributed by atoms with E-state index >= 15 is 0 Å². The summed E-state index contributed by atoms with van der Waals surface area (Å²) < 4.78 is 21.7. The summed E-state index contributed by atoms with van der Waals surface area (Å²) in [6, 6.07) is 0. The second kappa shape index (κ2) is 3.29. The molecule has 0 heterocycles. The Bertz CT molecular complexity index is 300. The van der Waals surface area contributed by atoms with Crippen molar-refractivity contribution in [3.63, 3.8) is 0 Å². The smallest absolute Gasteiger partial charge is 0.325 e. The first kappa shape index (κ1) is 10.5. The van der Waals surface area contributed by atoms with Crippen LogP contribution in [-0.4, -0.2) is 30.0 Å². The van der Waals surface area contributed by atoms with Gasteiger partial charge in [0.05, 0.1) is 5.75 Å². The van der Waals surface area contributed by atoms with Crippen LogP contribution in [0.4, 0.5) is 0 Å². The van der Waals surface area contributed by atoms with Gasteiger partial charge in [0.2, 0.25) is 0 Å². The molecule has 4 nitrogen and oxygen atoms in total. The number of sulfone groups is 1. The lowest BCUT2D eigenvalue weighted by atomic mass is 9.84. The van der Waals surface area contributed by atoms with Crippen LogP contribution in [0.25, 0.3) is 0 Å². The highest BCUT2D eigenvalue weighted by molar-refractivity contribution is 7.93. The molecule has 1 saturated carbocycles. The predicted octanol–water partition coefficient (Wildman–Crippen LogP) is 0.818. The number of carbonyl (C=O) groups is 1. The number of aliphatic carboxylic acids is 1. The van der Waals surface area contributed by atoms with Crippen molar-refractivity contribution in [3.8, 4) is 0 Å². The van der Waals surface area contributed by atoms with Gasteiger partial charge in [-0.05, 0) is 25.7 Å². The van der Waals surface area contributed by atoms with Gasteiger partial charge in [0.15, 0.2) is 14.6 Å². The molecular formula is C8H14O4S. The van der Waals surface area contributed by atoms with Gasteiger partial charge in [-0.15, -0.1) is 0 Å². The average molecular weight is 206 g/mol. The second-order valence-corrected chi connectivity index (χ2v) is 5.89. The van der Waals surface area contributed by atoms with Gasteiger partial charge in [-0.25, -0.2) is 8.42 Å². The Labute approximate surface area is 77.9 Å². The fraction of sp³-hybridized carbons (Fsp3) is 0.875. The van der Waals surface area contributed by atoms with Crippen LogP contribution in [0.3, 0.4) is 0 Å². The topological polar surface area (TPSA) is 71.4 Å². The maximum atomic E-state index is 11.6. The molecule has 0 aromatic carbocycles. The maximum Gasteiger partial charge on any atom is 0.325 e. The molecule has 0 spiro atoms. The standard InChI is InChI=1S/C8H14O4S/c1-2-6-13(11,12)8(7(9)10)4-3-5-8/h2-6H2,1H3,(H,9,10). The third-order valence-corrected chi connectivity index (χ3v) is 5.34. The summed E-state index contributed by atoms with van der Waals surface area (Å²) >= 11 is 0. The first-order valence-electron chi connectivity index (χ1n) is 4.42. The minimum absolute atomic E-state index is 0.0146. The van der Waals surface area contributed by atoms with Gasteiger partial charge in [-0.1, -0.05) is 6.92 Å². The zero-order valence-corrected chi connectivity index (χ0v) is 8.43. The van der Waals surface area contributed by atoms with Crippen molar-refractivity contribution in [2.75, 3.05) is 5.75 Å². The van der Waals surface area contributed by atoms with Crippen molar-refractivity contribution in [3.05, 3.63) is 0 Å². The molecule has 5 heteroatoms. The molecule has 0 aromatic rings. The van der Waals surface area contributed by atoms with Crippen molar-refractivity contribution in [2.24, 2.45) is 0 Å². The Balaban J connectivity index is 2.95. The summed E-state index contributed by atoms with van der Waals surface area (Å²) in [6.07, 6.45) is 1.75. The molecule has 0 bridgehead atoms. The van der Waals surface area contributed by atoms with Crippen molar-refractivity contribution in [1.82, 2.24) is 0 Å². The highest BCUT2D eigenvalue weighted by atomic mass is 32.2. The Morgan fingerprint density at radius 1 is 1.46 bits per heavy atom. The third-order valence-electron chi connectivity index (χ3n) is 2.62. The highest BCUT2D eigenvalue weighted by Crippen LogP contribution is 2.40. The van der Waals surface area contributed by atoms with Crippen molar-refractivity contribution in [2.45, 2.75) is 37.4 Å². The van der Waals surface area contributed by atoms with E-state index in [0.29, 0.717) is 12.8 Å². The zero-order valence-electron chi connectivity index (χ0n) is 7.62. The Kier molecular flexibility index (Phi) is 2.66. The van der Waals surface area contributed by atoms with Crippen LogP contribution in [0.1, 0.15) is 32.6 Å². The van der Waals surface area contributed by atoms with E-state index in [2.05, 4.69) is 0 Å². The quantitative estimate of drug-likeness (QED) is 0.739. The minimum atomic E-state index is -3.43. The van der Waals surface area contributed by atoms with Crippen LogP contribution in [0, 0.1) is 0 Å². The van der Waals surface area contributed by atoms with Crippen LogP contribution in [-0.2, 0) is 14.6 Å². The molecule has 0 atom stereocenters. The molecule has 0 radical (unpaired) electrons. The molecular weight excluding hydrogens is 192 g/mol. The van der Waals surface area contributed by atoms with Crippen LogP contribution < -0.4 is 0 Å². The van der Waals surface area contributed by atoms with Gasteiger partial charge in [0.25, 0.3) is 0 Å². The van der Waals surface area contributed by atoms with E-state index < -0.39 is 20.6 Å². The van der Waals surface area contributed by atoms with Crippen molar-refractivity contribution >= 4 is 15.8 Å². The summed E-state index contributed by atoms with van der Waals surface area (Å²) in [4.78, 5) is 10.8. The summed E-state index contributed by atoms with van der Waals surface area (Å²) in [6.45, 7) is 1.74. The number of carboxylic acids is 1. The van der Waals surface area contributed by atoms with Gasteiger partial charge >= 0.3 is 5.97 Å². The maximum absolute atomic E-state index is 11.6. The molecule has 1 aliphatic rings. The van der Waals surface area contributed by atoms with Gasteiger partial charge in [-0.2, -0.15) is 0 Å². The molecule has 76 valence electrons. The average Bonchev–Trinajstić information content (AvgIpc) is 1.80.